The van der Waals surface area contributed by atoms with Crippen LogP contribution >= 0.6 is 11.6 Å². The highest BCUT2D eigenvalue weighted by atomic mass is 35.5. The van der Waals surface area contributed by atoms with Crippen LogP contribution in [0.15, 0.2) is 48.5 Å². The minimum absolute atomic E-state index is 0.0515. The summed E-state index contributed by atoms with van der Waals surface area (Å²) >= 11 is 6.06. The van der Waals surface area contributed by atoms with Crippen molar-refractivity contribution in [2.75, 3.05) is 5.32 Å². The fourth-order valence-electron chi connectivity index (χ4n) is 2.16. The monoisotopic (exact) mass is 301 g/mol. The number of unbranched alkanes of at least 4 members (excludes halogenated alkanes) is 1. The van der Waals surface area contributed by atoms with Gasteiger partial charge in [0.1, 0.15) is 0 Å². The number of carbonyl (C=O) groups excluding carboxylic acids is 1. The molecule has 2 nitrogen and oxygen atoms in total. The largest absolute Gasteiger partial charge is 0.326 e. The Bertz CT molecular complexity index is 592. The third kappa shape index (κ3) is 4.91. The third-order valence-electron chi connectivity index (χ3n) is 3.37. The van der Waals surface area contributed by atoms with Crippen LogP contribution in [0.1, 0.15) is 30.9 Å². The molecule has 0 radical (unpaired) electrons. The van der Waals surface area contributed by atoms with Crippen LogP contribution in [0.2, 0.25) is 5.02 Å². The first kappa shape index (κ1) is 15.6. The van der Waals surface area contributed by atoms with Crippen LogP contribution in [0.25, 0.3) is 0 Å². The highest BCUT2D eigenvalue weighted by Crippen LogP contribution is 2.17. The molecule has 0 unspecified atom stereocenters. The summed E-state index contributed by atoms with van der Waals surface area (Å²) < 4.78 is 0. The Labute approximate surface area is 131 Å². The maximum atomic E-state index is 12.0. The molecule has 0 fully saturated rings. The molecular weight excluding hydrogens is 282 g/mol. The molecule has 1 N–H and O–H groups in total. The molecule has 0 aromatic heterocycles. The number of carbonyl (C=O) groups is 1. The van der Waals surface area contributed by atoms with Gasteiger partial charge in [0.25, 0.3) is 0 Å². The van der Waals surface area contributed by atoms with Gasteiger partial charge in [-0.05, 0) is 42.2 Å². The highest BCUT2D eigenvalue weighted by molar-refractivity contribution is 6.31. The predicted octanol–water partition coefficient (Wildman–Crippen LogP) is 4.86. The van der Waals surface area contributed by atoms with E-state index in [9.17, 15) is 4.79 Å². The van der Waals surface area contributed by atoms with Crippen LogP contribution < -0.4 is 5.32 Å². The lowest BCUT2D eigenvalue weighted by Gasteiger charge is -2.07. The maximum absolute atomic E-state index is 12.0. The number of halogens is 1. The summed E-state index contributed by atoms with van der Waals surface area (Å²) in [5, 5.41) is 3.53. The molecule has 2 aromatic rings. The molecule has 110 valence electrons. The van der Waals surface area contributed by atoms with Gasteiger partial charge in [-0.1, -0.05) is 55.3 Å². The van der Waals surface area contributed by atoms with Gasteiger partial charge in [0.05, 0.1) is 6.42 Å². The first-order valence-electron chi connectivity index (χ1n) is 7.31. The van der Waals surface area contributed by atoms with Gasteiger partial charge in [-0.3, -0.25) is 4.79 Å². The summed E-state index contributed by atoms with van der Waals surface area (Å²) in [6.07, 6.45) is 3.76. The number of anilines is 1. The van der Waals surface area contributed by atoms with E-state index in [0.29, 0.717) is 5.02 Å². The summed E-state index contributed by atoms with van der Waals surface area (Å²) in [7, 11) is 0. The van der Waals surface area contributed by atoms with Gasteiger partial charge in [0.15, 0.2) is 0 Å². The van der Waals surface area contributed by atoms with Crippen molar-refractivity contribution in [2.24, 2.45) is 0 Å². The number of hydrogen-bond acceptors (Lipinski definition) is 1. The van der Waals surface area contributed by atoms with E-state index in [1.165, 1.54) is 18.4 Å². The average molecular weight is 302 g/mol. The summed E-state index contributed by atoms with van der Waals surface area (Å²) in [5.74, 6) is -0.0515. The van der Waals surface area contributed by atoms with Crippen LogP contribution in [0.5, 0.6) is 0 Å². The van der Waals surface area contributed by atoms with Crippen molar-refractivity contribution in [3.05, 3.63) is 64.7 Å². The summed E-state index contributed by atoms with van der Waals surface area (Å²) in [6.45, 7) is 2.18. The van der Waals surface area contributed by atoms with E-state index in [0.717, 1.165) is 17.7 Å². The molecule has 21 heavy (non-hydrogen) atoms. The van der Waals surface area contributed by atoms with E-state index in [4.69, 9.17) is 11.6 Å². The zero-order valence-corrected chi connectivity index (χ0v) is 13.0. The Hall–Kier alpha value is -1.80. The second-order valence-electron chi connectivity index (χ2n) is 5.12. The Balaban J connectivity index is 1.92. The Kier molecular flexibility index (Phi) is 5.82. The topological polar surface area (TPSA) is 29.1 Å². The molecule has 0 spiro atoms. The molecule has 0 bridgehead atoms. The number of rotatable bonds is 6. The average Bonchev–Trinajstić information content (AvgIpc) is 2.49. The third-order valence-corrected chi connectivity index (χ3v) is 3.73. The summed E-state index contributed by atoms with van der Waals surface area (Å²) in [4.78, 5) is 12.0. The lowest BCUT2D eigenvalue weighted by Crippen LogP contribution is -2.14. The molecule has 2 rings (SSSR count). The number of hydrogen-bond donors (Lipinski definition) is 1. The van der Waals surface area contributed by atoms with E-state index in [2.05, 4.69) is 24.4 Å². The van der Waals surface area contributed by atoms with Crippen LogP contribution in [0.4, 0.5) is 5.69 Å². The first-order valence-corrected chi connectivity index (χ1v) is 7.69. The number of aryl methyl sites for hydroxylation is 1. The van der Waals surface area contributed by atoms with Crippen molar-refractivity contribution in [3.8, 4) is 0 Å². The molecule has 0 saturated heterocycles. The van der Waals surface area contributed by atoms with Crippen LogP contribution in [0.3, 0.4) is 0 Å². The second-order valence-corrected chi connectivity index (χ2v) is 5.52. The second kappa shape index (κ2) is 7.84. The molecule has 0 heterocycles. The van der Waals surface area contributed by atoms with Gasteiger partial charge < -0.3 is 5.32 Å². The normalized spacial score (nSPS) is 10.4. The van der Waals surface area contributed by atoms with E-state index in [1.54, 1.807) is 6.07 Å². The SMILES string of the molecule is CCCCc1ccc(NC(=O)Cc2ccccc2Cl)cc1. The molecule has 0 saturated carbocycles. The predicted molar refractivity (Wildman–Crippen MR) is 88.8 cm³/mol. The molecule has 0 aliphatic carbocycles. The zero-order chi connectivity index (χ0) is 15.1. The minimum atomic E-state index is -0.0515. The van der Waals surface area contributed by atoms with Gasteiger partial charge in [-0.15, -0.1) is 0 Å². The number of benzene rings is 2. The van der Waals surface area contributed by atoms with Gasteiger partial charge in [-0.25, -0.2) is 0 Å². The molecule has 0 atom stereocenters. The molecular formula is C18H20ClNO. The van der Waals surface area contributed by atoms with Gasteiger partial charge >= 0.3 is 0 Å². The van der Waals surface area contributed by atoms with Crippen molar-refractivity contribution in [1.29, 1.82) is 0 Å². The molecule has 0 aliphatic heterocycles. The standard InChI is InChI=1S/C18H20ClNO/c1-2-3-6-14-9-11-16(12-10-14)20-18(21)13-15-7-4-5-8-17(15)19/h4-5,7-12H,2-3,6,13H2,1H3,(H,20,21). The molecule has 3 heteroatoms. The minimum Gasteiger partial charge on any atom is -0.326 e. The van der Waals surface area contributed by atoms with Crippen molar-refractivity contribution < 1.29 is 4.79 Å². The van der Waals surface area contributed by atoms with Crippen molar-refractivity contribution >= 4 is 23.2 Å². The van der Waals surface area contributed by atoms with Gasteiger partial charge in [0, 0.05) is 10.7 Å². The molecule has 1 amide bonds. The van der Waals surface area contributed by atoms with Crippen LogP contribution in [-0.4, -0.2) is 5.91 Å². The summed E-state index contributed by atoms with van der Waals surface area (Å²) in [6, 6.07) is 15.5. The summed E-state index contributed by atoms with van der Waals surface area (Å²) in [5.41, 5.74) is 2.98. The van der Waals surface area contributed by atoms with Gasteiger partial charge in [-0.2, -0.15) is 0 Å². The Morgan fingerprint density at radius 1 is 1.10 bits per heavy atom. The molecule has 2 aromatic carbocycles. The highest BCUT2D eigenvalue weighted by Gasteiger charge is 2.07. The Morgan fingerprint density at radius 2 is 1.81 bits per heavy atom. The van der Waals surface area contributed by atoms with E-state index >= 15 is 0 Å². The van der Waals surface area contributed by atoms with Crippen molar-refractivity contribution in [1.82, 2.24) is 0 Å². The zero-order valence-electron chi connectivity index (χ0n) is 12.2. The quantitative estimate of drug-likeness (QED) is 0.811. The lowest BCUT2D eigenvalue weighted by molar-refractivity contribution is -0.115. The number of nitrogens with one attached hydrogen (secondary N) is 1. The fourth-order valence-corrected chi connectivity index (χ4v) is 2.36. The van der Waals surface area contributed by atoms with Crippen molar-refractivity contribution in [3.63, 3.8) is 0 Å². The smallest absolute Gasteiger partial charge is 0.228 e. The maximum Gasteiger partial charge on any atom is 0.228 e. The van der Waals surface area contributed by atoms with Crippen LogP contribution in [0, 0.1) is 0 Å². The van der Waals surface area contributed by atoms with Crippen LogP contribution in [-0.2, 0) is 17.6 Å². The number of amides is 1. The first-order chi connectivity index (χ1) is 10.2. The van der Waals surface area contributed by atoms with E-state index < -0.39 is 0 Å². The molecule has 0 aliphatic rings. The van der Waals surface area contributed by atoms with Gasteiger partial charge in [0.2, 0.25) is 5.91 Å². The van der Waals surface area contributed by atoms with E-state index in [1.807, 2.05) is 30.3 Å². The Morgan fingerprint density at radius 3 is 2.48 bits per heavy atom. The van der Waals surface area contributed by atoms with Crippen molar-refractivity contribution in [2.45, 2.75) is 32.6 Å². The fraction of sp³-hybridized carbons (Fsp3) is 0.278. The van der Waals surface area contributed by atoms with E-state index in [-0.39, 0.29) is 12.3 Å². The lowest BCUT2D eigenvalue weighted by atomic mass is 10.1.